The van der Waals surface area contributed by atoms with Gasteiger partial charge in [0.05, 0.1) is 0 Å². The fourth-order valence-corrected chi connectivity index (χ4v) is 1.49. The molecule has 0 aliphatic rings. The molecule has 5 heteroatoms. The third kappa shape index (κ3) is 11.2. The predicted octanol–water partition coefficient (Wildman–Crippen LogP) is 1.83. The molecule has 0 rings (SSSR count). The average Bonchev–Trinajstić information content (AvgIpc) is 2.08. The van der Waals surface area contributed by atoms with E-state index >= 15 is 0 Å². The summed E-state index contributed by atoms with van der Waals surface area (Å²) < 4.78 is 5.05. The Labute approximate surface area is 95.1 Å². The minimum absolute atomic E-state index is 0.390. The summed E-state index contributed by atoms with van der Waals surface area (Å²) in [5.74, 6) is 1.60. The number of rotatable bonds is 6. The first-order valence-electron chi connectivity index (χ1n) is 4.94. The Bertz CT molecular complexity index is 201. The highest BCUT2D eigenvalue weighted by molar-refractivity contribution is 7.99. The summed E-state index contributed by atoms with van der Waals surface area (Å²) in [6.07, 6.45) is 1.07. The third-order valence-corrected chi connectivity index (χ3v) is 2.31. The van der Waals surface area contributed by atoms with Crippen molar-refractivity contribution in [3.8, 4) is 0 Å². The molecule has 0 aromatic rings. The van der Waals surface area contributed by atoms with Gasteiger partial charge in [0.25, 0.3) is 0 Å². The van der Waals surface area contributed by atoms with Gasteiger partial charge in [-0.1, -0.05) is 0 Å². The van der Waals surface area contributed by atoms with Crippen molar-refractivity contribution < 1.29 is 14.3 Å². The Kier molecular flexibility index (Phi) is 7.21. The summed E-state index contributed by atoms with van der Waals surface area (Å²) in [5, 5.41) is 2.65. The molecule has 0 radical (unpaired) electrons. The first-order valence-corrected chi connectivity index (χ1v) is 6.09. The van der Waals surface area contributed by atoms with Crippen LogP contribution in [0.3, 0.4) is 0 Å². The largest absolute Gasteiger partial charge is 0.444 e. The summed E-state index contributed by atoms with van der Waals surface area (Å²) in [4.78, 5) is 21.1. The van der Waals surface area contributed by atoms with Gasteiger partial charge in [0.1, 0.15) is 11.9 Å². The smallest absolute Gasteiger partial charge is 0.407 e. The van der Waals surface area contributed by atoms with Gasteiger partial charge in [-0.05, 0) is 26.5 Å². The number of aldehydes is 1. The Morgan fingerprint density at radius 1 is 1.40 bits per heavy atom. The summed E-state index contributed by atoms with van der Waals surface area (Å²) in [5.41, 5.74) is -0.450. The van der Waals surface area contributed by atoms with Crippen LogP contribution in [0.4, 0.5) is 4.79 Å². The molecule has 1 amide bonds. The van der Waals surface area contributed by atoms with Gasteiger partial charge in [-0.3, -0.25) is 0 Å². The lowest BCUT2D eigenvalue weighted by Gasteiger charge is -2.19. The van der Waals surface area contributed by atoms with Crippen LogP contribution >= 0.6 is 11.8 Å². The van der Waals surface area contributed by atoms with Crippen LogP contribution in [0.1, 0.15) is 27.2 Å². The molecule has 0 aliphatic heterocycles. The molecule has 0 atom stereocenters. The van der Waals surface area contributed by atoms with Gasteiger partial charge in [0.2, 0.25) is 0 Å². The van der Waals surface area contributed by atoms with Crippen molar-refractivity contribution in [2.75, 3.05) is 18.1 Å². The zero-order chi connectivity index (χ0) is 11.7. The maximum Gasteiger partial charge on any atom is 0.407 e. The molecule has 0 saturated carbocycles. The van der Waals surface area contributed by atoms with Crippen LogP contribution in [-0.2, 0) is 9.53 Å². The van der Waals surface area contributed by atoms with Gasteiger partial charge in [0, 0.05) is 18.7 Å². The van der Waals surface area contributed by atoms with Crippen molar-refractivity contribution in [2.24, 2.45) is 0 Å². The monoisotopic (exact) mass is 233 g/mol. The van der Waals surface area contributed by atoms with Crippen LogP contribution in [0.2, 0.25) is 0 Å². The zero-order valence-corrected chi connectivity index (χ0v) is 10.4. The second-order valence-electron chi connectivity index (χ2n) is 4.00. The number of nitrogens with one attached hydrogen (secondary N) is 1. The minimum Gasteiger partial charge on any atom is -0.444 e. The number of carbonyl (C=O) groups is 2. The SMILES string of the molecule is CC(C)(C)OC(=O)NCCSCCC=O. The fraction of sp³-hybridized carbons (Fsp3) is 0.800. The van der Waals surface area contributed by atoms with E-state index in [1.165, 1.54) is 0 Å². The lowest BCUT2D eigenvalue weighted by molar-refractivity contribution is -0.107. The van der Waals surface area contributed by atoms with E-state index in [0.29, 0.717) is 13.0 Å². The predicted molar refractivity (Wildman–Crippen MR) is 62.2 cm³/mol. The van der Waals surface area contributed by atoms with Crippen molar-refractivity contribution in [1.29, 1.82) is 0 Å². The highest BCUT2D eigenvalue weighted by Crippen LogP contribution is 2.06. The van der Waals surface area contributed by atoms with E-state index < -0.39 is 11.7 Å². The van der Waals surface area contributed by atoms with Crippen LogP contribution in [-0.4, -0.2) is 36.0 Å². The van der Waals surface area contributed by atoms with Crippen molar-refractivity contribution in [2.45, 2.75) is 32.8 Å². The zero-order valence-electron chi connectivity index (χ0n) is 9.54. The molecule has 0 spiro atoms. The van der Waals surface area contributed by atoms with Crippen LogP contribution in [0.25, 0.3) is 0 Å². The maximum atomic E-state index is 11.1. The highest BCUT2D eigenvalue weighted by atomic mass is 32.2. The first kappa shape index (κ1) is 14.3. The molecule has 88 valence electrons. The first-order chi connectivity index (χ1) is 6.95. The second-order valence-corrected chi connectivity index (χ2v) is 5.22. The lowest BCUT2D eigenvalue weighted by Crippen LogP contribution is -2.33. The lowest BCUT2D eigenvalue weighted by atomic mass is 10.2. The molecule has 1 N–H and O–H groups in total. The van der Waals surface area contributed by atoms with Crippen LogP contribution in [0.5, 0.6) is 0 Å². The Morgan fingerprint density at radius 2 is 2.07 bits per heavy atom. The molecule has 0 unspecified atom stereocenters. The molecular weight excluding hydrogens is 214 g/mol. The molecule has 0 fully saturated rings. The number of hydrogen-bond acceptors (Lipinski definition) is 4. The number of hydrogen-bond donors (Lipinski definition) is 1. The molecule has 0 aliphatic carbocycles. The van der Waals surface area contributed by atoms with Gasteiger partial charge in [0.15, 0.2) is 0 Å². The van der Waals surface area contributed by atoms with E-state index in [0.717, 1.165) is 17.8 Å². The number of amides is 1. The molecule has 0 aromatic heterocycles. The second kappa shape index (κ2) is 7.56. The summed E-state index contributed by atoms with van der Waals surface area (Å²) >= 11 is 1.64. The van der Waals surface area contributed by atoms with Gasteiger partial charge in [-0.2, -0.15) is 11.8 Å². The van der Waals surface area contributed by atoms with Crippen LogP contribution < -0.4 is 5.32 Å². The molecule has 0 aromatic carbocycles. The summed E-state index contributed by atoms with van der Waals surface area (Å²) in [6.45, 7) is 6.04. The normalized spacial score (nSPS) is 10.9. The summed E-state index contributed by atoms with van der Waals surface area (Å²) in [7, 11) is 0. The van der Waals surface area contributed by atoms with Gasteiger partial charge < -0.3 is 14.8 Å². The summed E-state index contributed by atoms with van der Waals surface area (Å²) in [6, 6.07) is 0. The average molecular weight is 233 g/mol. The number of ether oxygens (including phenoxy) is 1. The van der Waals surface area contributed by atoms with Gasteiger partial charge >= 0.3 is 6.09 Å². The van der Waals surface area contributed by atoms with E-state index in [2.05, 4.69) is 5.32 Å². The molecule has 4 nitrogen and oxygen atoms in total. The Morgan fingerprint density at radius 3 is 2.60 bits per heavy atom. The molecule has 0 bridgehead atoms. The van der Waals surface area contributed by atoms with Gasteiger partial charge in [-0.25, -0.2) is 4.79 Å². The van der Waals surface area contributed by atoms with Crippen molar-refractivity contribution in [3.05, 3.63) is 0 Å². The van der Waals surface area contributed by atoms with Gasteiger partial charge in [-0.15, -0.1) is 0 Å². The standard InChI is InChI=1S/C10H19NO3S/c1-10(2,3)14-9(13)11-5-8-15-7-4-6-12/h6H,4-5,7-8H2,1-3H3,(H,11,13). The maximum absolute atomic E-state index is 11.1. The van der Waals surface area contributed by atoms with Crippen LogP contribution in [0.15, 0.2) is 0 Å². The molecule has 15 heavy (non-hydrogen) atoms. The van der Waals surface area contributed by atoms with E-state index in [4.69, 9.17) is 4.74 Å². The molecular formula is C10H19NO3S. The quantitative estimate of drug-likeness (QED) is 0.562. The number of alkyl carbamates (subject to hydrolysis) is 1. The molecule has 0 heterocycles. The van der Waals surface area contributed by atoms with E-state index in [-0.39, 0.29) is 0 Å². The number of thioether (sulfide) groups is 1. The Hall–Kier alpha value is -0.710. The van der Waals surface area contributed by atoms with Crippen molar-refractivity contribution in [1.82, 2.24) is 5.32 Å². The van der Waals surface area contributed by atoms with Crippen LogP contribution in [0, 0.1) is 0 Å². The molecule has 0 saturated heterocycles. The topological polar surface area (TPSA) is 55.4 Å². The minimum atomic E-state index is -0.450. The van der Waals surface area contributed by atoms with E-state index in [1.807, 2.05) is 20.8 Å². The fourth-order valence-electron chi connectivity index (χ4n) is 0.773. The van der Waals surface area contributed by atoms with E-state index in [9.17, 15) is 9.59 Å². The van der Waals surface area contributed by atoms with E-state index in [1.54, 1.807) is 11.8 Å². The van der Waals surface area contributed by atoms with Crippen molar-refractivity contribution in [3.63, 3.8) is 0 Å². The Balaban J connectivity index is 3.36. The van der Waals surface area contributed by atoms with Crippen molar-refractivity contribution >= 4 is 24.1 Å². The number of carbonyl (C=O) groups excluding carboxylic acids is 2. The third-order valence-electron chi connectivity index (χ3n) is 1.29. The highest BCUT2D eigenvalue weighted by Gasteiger charge is 2.15.